The number of aryl methyl sites for hydroxylation is 3. The maximum atomic E-state index is 6.18. The van der Waals surface area contributed by atoms with Crippen LogP contribution in [0.1, 0.15) is 11.1 Å². The van der Waals surface area contributed by atoms with E-state index in [1.54, 1.807) is 0 Å². The lowest BCUT2D eigenvalue weighted by molar-refractivity contribution is 0.959. The number of para-hydroxylation sites is 1. The average Bonchev–Trinajstić information content (AvgIpc) is 2.69. The van der Waals surface area contributed by atoms with E-state index in [2.05, 4.69) is 29.7 Å². The Hall–Kier alpha value is -2.29. The van der Waals surface area contributed by atoms with Crippen molar-refractivity contribution in [3.05, 3.63) is 47.5 Å². The summed E-state index contributed by atoms with van der Waals surface area (Å²) in [5, 5.41) is 0. The zero-order chi connectivity index (χ0) is 13.6. The van der Waals surface area contributed by atoms with Crippen LogP contribution in [0.4, 0.5) is 5.69 Å². The van der Waals surface area contributed by atoms with Crippen molar-refractivity contribution in [1.82, 2.24) is 9.55 Å². The fraction of sp³-hybridized carbons (Fsp3) is 0.188. The van der Waals surface area contributed by atoms with E-state index < -0.39 is 0 Å². The topological polar surface area (TPSA) is 43.8 Å². The Kier molecular flexibility index (Phi) is 2.56. The predicted octanol–water partition coefficient (Wildman–Crippen LogP) is 3.44. The van der Waals surface area contributed by atoms with E-state index in [1.165, 1.54) is 5.56 Å². The van der Waals surface area contributed by atoms with Crippen molar-refractivity contribution in [1.29, 1.82) is 0 Å². The molecule has 19 heavy (non-hydrogen) atoms. The molecule has 3 rings (SSSR count). The maximum Gasteiger partial charge on any atom is 0.142 e. The number of hydrogen-bond donors (Lipinski definition) is 1. The smallest absolute Gasteiger partial charge is 0.142 e. The van der Waals surface area contributed by atoms with E-state index in [1.807, 2.05) is 32.2 Å². The third-order valence-corrected chi connectivity index (χ3v) is 3.60. The number of anilines is 1. The first-order chi connectivity index (χ1) is 9.08. The molecule has 0 aliphatic rings. The van der Waals surface area contributed by atoms with Crippen LogP contribution in [0.15, 0.2) is 36.4 Å². The summed E-state index contributed by atoms with van der Waals surface area (Å²) in [5.41, 5.74) is 12.4. The molecule has 0 bridgehead atoms. The first-order valence-corrected chi connectivity index (χ1v) is 6.36. The van der Waals surface area contributed by atoms with Crippen LogP contribution >= 0.6 is 0 Å². The van der Waals surface area contributed by atoms with E-state index in [9.17, 15) is 0 Å². The van der Waals surface area contributed by atoms with Gasteiger partial charge in [0.25, 0.3) is 0 Å². The van der Waals surface area contributed by atoms with Gasteiger partial charge in [0.15, 0.2) is 0 Å². The molecule has 0 atom stereocenters. The number of nitrogens with two attached hydrogens (primary N) is 1. The Morgan fingerprint density at radius 3 is 2.68 bits per heavy atom. The number of nitrogens with zero attached hydrogens (tertiary/aromatic N) is 2. The van der Waals surface area contributed by atoms with Gasteiger partial charge in [-0.1, -0.05) is 18.2 Å². The number of benzene rings is 2. The number of nitrogen functional groups attached to an aromatic ring is 1. The zero-order valence-corrected chi connectivity index (χ0v) is 11.4. The van der Waals surface area contributed by atoms with Crippen LogP contribution in [0.3, 0.4) is 0 Å². The van der Waals surface area contributed by atoms with Gasteiger partial charge in [-0.05, 0) is 43.2 Å². The van der Waals surface area contributed by atoms with E-state index in [0.717, 1.165) is 33.7 Å². The van der Waals surface area contributed by atoms with Gasteiger partial charge in [-0.3, -0.25) is 0 Å². The molecule has 96 valence electrons. The standard InChI is InChI=1S/C16H17N3/c1-10-7-8-14-13(9-10)18-16(19(14)3)12-6-4-5-11(2)15(12)17/h4-9H,17H2,1-3H3. The summed E-state index contributed by atoms with van der Waals surface area (Å²) in [6, 6.07) is 12.4. The highest BCUT2D eigenvalue weighted by atomic mass is 15.1. The summed E-state index contributed by atoms with van der Waals surface area (Å²) in [7, 11) is 2.03. The van der Waals surface area contributed by atoms with Gasteiger partial charge in [0.1, 0.15) is 5.82 Å². The Labute approximate surface area is 112 Å². The molecule has 3 heteroatoms. The van der Waals surface area contributed by atoms with Gasteiger partial charge in [0.05, 0.1) is 11.0 Å². The molecule has 0 spiro atoms. The van der Waals surface area contributed by atoms with Crippen molar-refractivity contribution in [2.24, 2.45) is 7.05 Å². The average molecular weight is 251 g/mol. The van der Waals surface area contributed by atoms with Crippen LogP contribution in [-0.2, 0) is 7.05 Å². The van der Waals surface area contributed by atoms with E-state index in [0.29, 0.717) is 0 Å². The number of rotatable bonds is 1. The lowest BCUT2D eigenvalue weighted by Crippen LogP contribution is -1.98. The molecule has 1 heterocycles. The monoisotopic (exact) mass is 251 g/mol. The molecule has 0 unspecified atom stereocenters. The third-order valence-electron chi connectivity index (χ3n) is 3.60. The molecule has 2 N–H and O–H groups in total. The largest absolute Gasteiger partial charge is 0.398 e. The minimum Gasteiger partial charge on any atom is -0.398 e. The first-order valence-electron chi connectivity index (χ1n) is 6.36. The second kappa shape index (κ2) is 4.12. The third kappa shape index (κ3) is 1.78. The van der Waals surface area contributed by atoms with Crippen LogP contribution in [0.25, 0.3) is 22.4 Å². The zero-order valence-electron chi connectivity index (χ0n) is 11.4. The van der Waals surface area contributed by atoms with Gasteiger partial charge in [-0.15, -0.1) is 0 Å². The van der Waals surface area contributed by atoms with Crippen molar-refractivity contribution < 1.29 is 0 Å². The molecule has 1 aromatic heterocycles. The van der Waals surface area contributed by atoms with Crippen molar-refractivity contribution >= 4 is 16.7 Å². The van der Waals surface area contributed by atoms with Crippen LogP contribution in [-0.4, -0.2) is 9.55 Å². The molecule has 0 saturated heterocycles. The molecule has 0 fully saturated rings. The minimum absolute atomic E-state index is 0.803. The van der Waals surface area contributed by atoms with Crippen LogP contribution in [0.5, 0.6) is 0 Å². The molecule has 0 radical (unpaired) electrons. The van der Waals surface area contributed by atoms with Crippen molar-refractivity contribution in [2.75, 3.05) is 5.73 Å². The minimum atomic E-state index is 0.803. The van der Waals surface area contributed by atoms with Gasteiger partial charge >= 0.3 is 0 Å². The lowest BCUT2D eigenvalue weighted by atomic mass is 10.1. The molecule has 0 amide bonds. The van der Waals surface area contributed by atoms with E-state index >= 15 is 0 Å². The summed E-state index contributed by atoms with van der Waals surface area (Å²) in [5.74, 6) is 0.918. The SMILES string of the molecule is Cc1ccc2c(c1)nc(-c1cccc(C)c1N)n2C. The Bertz CT molecular complexity index is 769. The molecule has 2 aromatic carbocycles. The Morgan fingerprint density at radius 2 is 1.89 bits per heavy atom. The lowest BCUT2D eigenvalue weighted by Gasteiger charge is -2.08. The van der Waals surface area contributed by atoms with Crippen molar-refractivity contribution in [3.63, 3.8) is 0 Å². The summed E-state index contributed by atoms with van der Waals surface area (Å²) >= 11 is 0. The number of aromatic nitrogens is 2. The van der Waals surface area contributed by atoms with Crippen molar-refractivity contribution in [2.45, 2.75) is 13.8 Å². The first kappa shape index (κ1) is 11.8. The molecule has 0 aliphatic heterocycles. The van der Waals surface area contributed by atoms with Crippen molar-refractivity contribution in [3.8, 4) is 11.4 Å². The van der Waals surface area contributed by atoms with Gasteiger partial charge in [-0.25, -0.2) is 4.98 Å². The summed E-state index contributed by atoms with van der Waals surface area (Å²) < 4.78 is 2.10. The molecule has 0 aliphatic carbocycles. The predicted molar refractivity (Wildman–Crippen MR) is 80.0 cm³/mol. The number of hydrogen-bond acceptors (Lipinski definition) is 2. The fourth-order valence-electron chi connectivity index (χ4n) is 2.43. The second-order valence-electron chi connectivity index (χ2n) is 5.02. The van der Waals surface area contributed by atoms with E-state index in [4.69, 9.17) is 10.7 Å². The van der Waals surface area contributed by atoms with Crippen LogP contribution < -0.4 is 5.73 Å². The molecular formula is C16H17N3. The van der Waals surface area contributed by atoms with Crippen LogP contribution in [0.2, 0.25) is 0 Å². The van der Waals surface area contributed by atoms with Gasteiger partial charge < -0.3 is 10.3 Å². The Morgan fingerprint density at radius 1 is 1.11 bits per heavy atom. The summed E-state index contributed by atoms with van der Waals surface area (Å²) in [6.45, 7) is 4.10. The quantitative estimate of drug-likeness (QED) is 0.673. The summed E-state index contributed by atoms with van der Waals surface area (Å²) in [4.78, 5) is 4.73. The molecule has 0 saturated carbocycles. The molecule has 3 nitrogen and oxygen atoms in total. The highest BCUT2D eigenvalue weighted by molar-refractivity contribution is 5.84. The maximum absolute atomic E-state index is 6.18. The molecule has 3 aromatic rings. The normalized spacial score (nSPS) is 11.1. The fourth-order valence-corrected chi connectivity index (χ4v) is 2.43. The van der Waals surface area contributed by atoms with Gasteiger partial charge in [-0.2, -0.15) is 0 Å². The van der Waals surface area contributed by atoms with Gasteiger partial charge in [0.2, 0.25) is 0 Å². The highest BCUT2D eigenvalue weighted by Gasteiger charge is 2.12. The Balaban J connectivity index is 2.31. The van der Waals surface area contributed by atoms with E-state index in [-0.39, 0.29) is 0 Å². The van der Waals surface area contributed by atoms with Crippen LogP contribution in [0, 0.1) is 13.8 Å². The number of imidazole rings is 1. The van der Waals surface area contributed by atoms with Gasteiger partial charge in [0, 0.05) is 18.3 Å². The number of fused-ring (bicyclic) bond motifs is 1. The summed E-state index contributed by atoms with van der Waals surface area (Å²) in [6.07, 6.45) is 0. The second-order valence-corrected chi connectivity index (χ2v) is 5.02. The highest BCUT2D eigenvalue weighted by Crippen LogP contribution is 2.30. The molecular weight excluding hydrogens is 234 g/mol.